The van der Waals surface area contributed by atoms with Crippen LogP contribution in [0.1, 0.15) is 25.0 Å². The Bertz CT molecular complexity index is 3400. The van der Waals surface area contributed by atoms with Crippen molar-refractivity contribution in [3.8, 4) is 27.9 Å². The molecule has 3 nitrogen and oxygen atoms in total. The number of anilines is 3. The topological polar surface area (TPSA) is 21.3 Å². The predicted molar refractivity (Wildman–Crippen MR) is 243 cm³/mol. The molecular formula is C55H38N2O. The zero-order valence-corrected chi connectivity index (χ0v) is 32.3. The van der Waals surface area contributed by atoms with E-state index in [-0.39, 0.29) is 5.41 Å². The van der Waals surface area contributed by atoms with E-state index < -0.39 is 0 Å². The minimum absolute atomic E-state index is 0.163. The second-order valence-electron chi connectivity index (χ2n) is 16.1. The van der Waals surface area contributed by atoms with Gasteiger partial charge in [0.25, 0.3) is 0 Å². The van der Waals surface area contributed by atoms with E-state index in [1.165, 1.54) is 54.8 Å². The van der Waals surface area contributed by atoms with E-state index in [0.717, 1.165) is 55.8 Å². The number of hydrogen-bond donors (Lipinski definition) is 0. The van der Waals surface area contributed by atoms with Crippen LogP contribution < -0.4 is 4.90 Å². The SMILES string of the molecule is CC1(C)c2ccccc2-c2ccc(N(c3ccccc3-c3cccc4oc5cc6ccccc6cc5c34)c3ccccc3-n3c4ccccc4c4ccccc43)cc21. The van der Waals surface area contributed by atoms with Crippen molar-refractivity contribution in [2.24, 2.45) is 0 Å². The molecule has 0 atom stereocenters. The highest BCUT2D eigenvalue weighted by molar-refractivity contribution is 6.17. The molecule has 0 N–H and O–H groups in total. The molecule has 0 unspecified atom stereocenters. The molecule has 0 radical (unpaired) electrons. The Balaban J connectivity index is 1.16. The molecule has 3 heteroatoms. The molecule has 0 fully saturated rings. The van der Waals surface area contributed by atoms with Gasteiger partial charge in [0.15, 0.2) is 0 Å². The minimum Gasteiger partial charge on any atom is -0.456 e. The lowest BCUT2D eigenvalue weighted by Crippen LogP contribution is -2.17. The monoisotopic (exact) mass is 742 g/mol. The Morgan fingerprint density at radius 1 is 0.431 bits per heavy atom. The van der Waals surface area contributed by atoms with Gasteiger partial charge in [0.1, 0.15) is 11.2 Å². The number of furan rings is 1. The Morgan fingerprint density at radius 2 is 1.03 bits per heavy atom. The zero-order valence-electron chi connectivity index (χ0n) is 32.3. The average Bonchev–Trinajstić information content (AvgIpc) is 3.88. The first kappa shape index (κ1) is 32.8. The fourth-order valence-electron chi connectivity index (χ4n) is 9.90. The molecule has 0 aliphatic heterocycles. The third-order valence-electron chi connectivity index (χ3n) is 12.6. The largest absolute Gasteiger partial charge is 0.456 e. The maximum atomic E-state index is 6.63. The summed E-state index contributed by atoms with van der Waals surface area (Å²) in [6.45, 7) is 4.72. The summed E-state index contributed by atoms with van der Waals surface area (Å²) in [7, 11) is 0. The van der Waals surface area contributed by atoms with E-state index in [1.807, 2.05) is 0 Å². The number of aromatic nitrogens is 1. The lowest BCUT2D eigenvalue weighted by Gasteiger charge is -2.31. The van der Waals surface area contributed by atoms with Crippen LogP contribution in [0.4, 0.5) is 17.1 Å². The van der Waals surface area contributed by atoms with Gasteiger partial charge < -0.3 is 13.9 Å². The van der Waals surface area contributed by atoms with Gasteiger partial charge in [-0.2, -0.15) is 0 Å². The second-order valence-corrected chi connectivity index (χ2v) is 16.1. The van der Waals surface area contributed by atoms with Gasteiger partial charge in [-0.3, -0.25) is 0 Å². The van der Waals surface area contributed by atoms with Crippen molar-refractivity contribution >= 4 is 71.6 Å². The van der Waals surface area contributed by atoms with Crippen LogP contribution >= 0.6 is 0 Å². The summed E-state index contributed by atoms with van der Waals surface area (Å²) >= 11 is 0. The first-order chi connectivity index (χ1) is 28.5. The molecule has 0 saturated carbocycles. The van der Waals surface area contributed by atoms with E-state index in [4.69, 9.17) is 4.42 Å². The summed E-state index contributed by atoms with van der Waals surface area (Å²) in [6, 6.07) is 70.8. The maximum absolute atomic E-state index is 6.63. The van der Waals surface area contributed by atoms with E-state index in [2.05, 4.69) is 217 Å². The Kier molecular flexibility index (Phi) is 6.98. The molecule has 58 heavy (non-hydrogen) atoms. The Morgan fingerprint density at radius 3 is 1.83 bits per heavy atom. The van der Waals surface area contributed by atoms with Crippen LogP contribution in [0, 0.1) is 0 Å². The van der Waals surface area contributed by atoms with Gasteiger partial charge in [-0.05, 0) is 99.3 Å². The molecule has 1 aliphatic carbocycles. The summed E-state index contributed by atoms with van der Waals surface area (Å²) < 4.78 is 9.07. The van der Waals surface area contributed by atoms with Gasteiger partial charge in [-0.15, -0.1) is 0 Å². The first-order valence-electron chi connectivity index (χ1n) is 20.1. The summed E-state index contributed by atoms with van der Waals surface area (Å²) in [4.78, 5) is 2.49. The van der Waals surface area contributed by atoms with Crippen LogP contribution in [0.5, 0.6) is 0 Å². The second kappa shape index (κ2) is 12.3. The molecule has 0 bridgehead atoms. The number of benzene rings is 9. The highest BCUT2D eigenvalue weighted by atomic mass is 16.3. The van der Waals surface area contributed by atoms with Crippen LogP contribution in [0.25, 0.3) is 82.5 Å². The van der Waals surface area contributed by atoms with Crippen LogP contribution in [0.15, 0.2) is 199 Å². The lowest BCUT2D eigenvalue weighted by atomic mass is 9.82. The quantitative estimate of drug-likeness (QED) is 0.175. The van der Waals surface area contributed by atoms with Crippen molar-refractivity contribution in [1.29, 1.82) is 0 Å². The van der Waals surface area contributed by atoms with E-state index in [9.17, 15) is 0 Å². The standard InChI is InChI=1S/C55H38N2O/c1-55(2)45-23-9-5-18-38(45)39-31-30-37(34-46(39)55)56(50-27-13-14-28-51(50)57-48-25-11-6-19-40(48)41-20-7-12-26-49(41)57)47-24-10-8-21-42(47)43-22-15-29-52-54(43)44-32-35-16-3-4-17-36(35)33-53(44)58-52/h3-34H,1-2H3. The van der Waals surface area contributed by atoms with Crippen molar-refractivity contribution in [2.45, 2.75) is 19.3 Å². The van der Waals surface area contributed by atoms with Gasteiger partial charge in [0.05, 0.1) is 28.1 Å². The van der Waals surface area contributed by atoms with Crippen LogP contribution in [0.2, 0.25) is 0 Å². The third kappa shape index (κ3) is 4.68. The smallest absolute Gasteiger partial charge is 0.136 e. The first-order valence-corrected chi connectivity index (χ1v) is 20.1. The number of rotatable bonds is 5. The Labute approximate surface area is 336 Å². The van der Waals surface area contributed by atoms with Crippen LogP contribution in [0.3, 0.4) is 0 Å². The van der Waals surface area contributed by atoms with Gasteiger partial charge in [-0.1, -0.05) is 147 Å². The number of para-hydroxylation sites is 5. The van der Waals surface area contributed by atoms with Gasteiger partial charge in [-0.25, -0.2) is 0 Å². The fourth-order valence-corrected chi connectivity index (χ4v) is 9.90. The lowest BCUT2D eigenvalue weighted by molar-refractivity contribution is 0.660. The normalized spacial score (nSPS) is 13.1. The van der Waals surface area contributed by atoms with Gasteiger partial charge >= 0.3 is 0 Å². The van der Waals surface area contributed by atoms with Crippen molar-refractivity contribution < 1.29 is 4.42 Å². The summed E-state index contributed by atoms with van der Waals surface area (Å²) in [5, 5.41) is 7.09. The van der Waals surface area contributed by atoms with E-state index >= 15 is 0 Å². The van der Waals surface area contributed by atoms with Crippen molar-refractivity contribution in [2.75, 3.05) is 4.90 Å². The Hall–Kier alpha value is -7.36. The predicted octanol–water partition coefficient (Wildman–Crippen LogP) is 15.3. The number of fused-ring (bicyclic) bond motifs is 10. The molecule has 2 aromatic heterocycles. The van der Waals surface area contributed by atoms with Crippen molar-refractivity contribution in [1.82, 2.24) is 4.57 Å². The van der Waals surface area contributed by atoms with Gasteiger partial charge in [0, 0.05) is 38.2 Å². The third-order valence-corrected chi connectivity index (χ3v) is 12.6. The molecule has 0 spiro atoms. The number of nitrogens with zero attached hydrogens (tertiary/aromatic N) is 2. The molecule has 12 rings (SSSR count). The number of hydrogen-bond acceptors (Lipinski definition) is 2. The zero-order chi connectivity index (χ0) is 38.5. The maximum Gasteiger partial charge on any atom is 0.136 e. The van der Waals surface area contributed by atoms with Crippen LogP contribution in [-0.2, 0) is 5.41 Å². The van der Waals surface area contributed by atoms with E-state index in [0.29, 0.717) is 0 Å². The molecule has 2 heterocycles. The van der Waals surface area contributed by atoms with Crippen molar-refractivity contribution in [3.05, 3.63) is 205 Å². The average molecular weight is 743 g/mol. The molecule has 0 saturated heterocycles. The minimum atomic E-state index is -0.163. The molecule has 274 valence electrons. The molecule has 0 amide bonds. The highest BCUT2D eigenvalue weighted by Gasteiger charge is 2.36. The van der Waals surface area contributed by atoms with Crippen LogP contribution in [-0.4, -0.2) is 4.57 Å². The fraction of sp³-hybridized carbons (Fsp3) is 0.0545. The molecular weight excluding hydrogens is 705 g/mol. The molecule has 11 aromatic rings. The summed E-state index contributed by atoms with van der Waals surface area (Å²) in [5.74, 6) is 0. The summed E-state index contributed by atoms with van der Waals surface area (Å²) in [5.41, 5.74) is 15.9. The molecule has 1 aliphatic rings. The van der Waals surface area contributed by atoms with E-state index in [1.54, 1.807) is 0 Å². The van der Waals surface area contributed by atoms with Crippen molar-refractivity contribution in [3.63, 3.8) is 0 Å². The summed E-state index contributed by atoms with van der Waals surface area (Å²) in [6.07, 6.45) is 0. The molecule has 9 aromatic carbocycles. The van der Waals surface area contributed by atoms with Gasteiger partial charge in [0.2, 0.25) is 0 Å². The highest BCUT2D eigenvalue weighted by Crippen LogP contribution is 2.52.